The van der Waals surface area contributed by atoms with E-state index in [1.807, 2.05) is 0 Å². The molecule has 0 unspecified atom stereocenters. The lowest BCUT2D eigenvalue weighted by Gasteiger charge is -1.99. The van der Waals surface area contributed by atoms with Crippen LogP contribution in [0.25, 0.3) is 0 Å². The highest BCUT2D eigenvalue weighted by Crippen LogP contribution is 1.81. The van der Waals surface area contributed by atoms with Crippen molar-refractivity contribution in [3.05, 3.63) is 0 Å². The highest BCUT2D eigenvalue weighted by atomic mass is 28.3. The number of nitrogens with zero attached hydrogens (tertiary/aromatic N) is 1. The summed E-state index contributed by atoms with van der Waals surface area (Å²) in [5, 5.41) is 0. The van der Waals surface area contributed by atoms with Gasteiger partial charge in [0.05, 0.1) is 0 Å². The normalized spacial score (nSPS) is 8.88. The molecule has 0 fully saturated rings. The highest BCUT2D eigenvalue weighted by Gasteiger charge is 2.04. The number of isocyanates is 1. The van der Waals surface area contributed by atoms with Crippen LogP contribution in [0.2, 0.25) is 0 Å². The molecule has 0 heterocycles. The fourth-order valence-electron chi connectivity index (χ4n) is 0.245. The summed E-state index contributed by atoms with van der Waals surface area (Å²) >= 11 is 0. The second-order valence-electron chi connectivity index (χ2n) is 0.999. The minimum atomic E-state index is -1.99. The second kappa shape index (κ2) is 4.67. The van der Waals surface area contributed by atoms with Gasteiger partial charge in [-0.3, -0.25) is 0 Å². The summed E-state index contributed by atoms with van der Waals surface area (Å²) in [6, 6.07) is 0. The van der Waals surface area contributed by atoms with Gasteiger partial charge in [-0.25, -0.2) is 4.79 Å². The summed E-state index contributed by atoms with van der Waals surface area (Å²) in [7, 11) is 0.901. The molecule has 4 nitrogen and oxygen atoms in total. The summed E-state index contributed by atoms with van der Waals surface area (Å²) in [4.78, 5) is 9.52. The summed E-state index contributed by atoms with van der Waals surface area (Å²) in [6.45, 7) is 0. The Morgan fingerprint density at radius 2 is 2.00 bits per heavy atom. The van der Waals surface area contributed by atoms with Gasteiger partial charge in [0.1, 0.15) is 0 Å². The zero-order chi connectivity index (χ0) is 6.41. The van der Waals surface area contributed by atoms with Gasteiger partial charge in [0, 0.05) is 14.2 Å². The molecule has 0 atom stereocenters. The first-order valence-electron chi connectivity index (χ1n) is 1.97. The third-order valence-electron chi connectivity index (χ3n) is 0.561. The fraction of sp³-hybridized carbons (Fsp3) is 0.667. The van der Waals surface area contributed by atoms with Crippen LogP contribution < -0.4 is 0 Å². The molecule has 46 valence electrons. The minimum Gasteiger partial charge on any atom is -0.383 e. The smallest absolute Gasteiger partial charge is 0.383 e. The van der Waals surface area contributed by atoms with Gasteiger partial charge < -0.3 is 8.85 Å². The van der Waals surface area contributed by atoms with Gasteiger partial charge in [0.2, 0.25) is 6.08 Å². The van der Waals surface area contributed by atoms with E-state index in [1.54, 1.807) is 0 Å². The van der Waals surface area contributed by atoms with Gasteiger partial charge in [-0.2, -0.15) is 4.66 Å². The molecular formula is C3H7NO3Si. The van der Waals surface area contributed by atoms with Crippen LogP contribution in [0.1, 0.15) is 0 Å². The van der Waals surface area contributed by atoms with Crippen LogP contribution in [-0.2, 0) is 13.6 Å². The molecule has 0 aromatic rings. The quantitative estimate of drug-likeness (QED) is 0.291. The highest BCUT2D eigenvalue weighted by molar-refractivity contribution is 6.43. The molecule has 0 aliphatic carbocycles. The van der Waals surface area contributed by atoms with Gasteiger partial charge in [0.25, 0.3) is 0 Å². The van der Waals surface area contributed by atoms with Crippen molar-refractivity contribution in [1.82, 2.24) is 0 Å². The third-order valence-corrected chi connectivity index (χ3v) is 1.68. The molecule has 0 aromatic carbocycles. The summed E-state index contributed by atoms with van der Waals surface area (Å²) in [5.41, 5.74) is 0. The molecule has 0 aromatic heterocycles. The molecule has 0 amide bonds. The van der Waals surface area contributed by atoms with E-state index in [1.165, 1.54) is 20.3 Å². The van der Waals surface area contributed by atoms with E-state index >= 15 is 0 Å². The van der Waals surface area contributed by atoms with Gasteiger partial charge in [-0.1, -0.05) is 0 Å². The van der Waals surface area contributed by atoms with Crippen molar-refractivity contribution in [2.45, 2.75) is 0 Å². The number of hydrogen-bond donors (Lipinski definition) is 0. The largest absolute Gasteiger partial charge is 0.471 e. The van der Waals surface area contributed by atoms with Crippen LogP contribution in [-0.4, -0.2) is 29.7 Å². The molecule has 0 aliphatic heterocycles. The first-order chi connectivity index (χ1) is 3.85. The SMILES string of the molecule is CO[SiH](N=C=O)OC. The Kier molecular flexibility index (Phi) is 4.39. The lowest BCUT2D eigenvalue weighted by atomic mass is 11.7. The van der Waals surface area contributed by atoms with Crippen LogP contribution in [0.3, 0.4) is 0 Å². The van der Waals surface area contributed by atoms with E-state index in [4.69, 9.17) is 0 Å². The maximum absolute atomic E-state index is 9.52. The van der Waals surface area contributed by atoms with Crippen molar-refractivity contribution in [1.29, 1.82) is 0 Å². The van der Waals surface area contributed by atoms with Crippen LogP contribution in [0.5, 0.6) is 0 Å². The lowest BCUT2D eigenvalue weighted by molar-refractivity contribution is 0.280. The molecule has 0 spiro atoms. The molecule has 0 N–H and O–H groups in total. The molecule has 0 radical (unpaired) electrons. The van der Waals surface area contributed by atoms with E-state index < -0.39 is 9.45 Å². The molecule has 0 saturated carbocycles. The Morgan fingerprint density at radius 1 is 1.50 bits per heavy atom. The van der Waals surface area contributed by atoms with Gasteiger partial charge >= 0.3 is 9.45 Å². The lowest BCUT2D eigenvalue weighted by Crippen LogP contribution is -2.15. The van der Waals surface area contributed by atoms with E-state index in [0.29, 0.717) is 0 Å². The second-order valence-corrected chi connectivity index (χ2v) is 2.81. The zero-order valence-electron chi connectivity index (χ0n) is 4.75. The predicted octanol–water partition coefficient (Wildman–Crippen LogP) is -0.668. The standard InChI is InChI=1S/C3H7NO3Si/c1-6-8(7-2)4-3-5/h8H,1-2H3. The van der Waals surface area contributed by atoms with Crippen LogP contribution in [0, 0.1) is 0 Å². The van der Waals surface area contributed by atoms with Gasteiger partial charge in [0.15, 0.2) is 0 Å². The van der Waals surface area contributed by atoms with Gasteiger partial charge in [-0.05, 0) is 0 Å². The van der Waals surface area contributed by atoms with Crippen molar-refractivity contribution in [2.24, 2.45) is 4.66 Å². The molecule has 5 heteroatoms. The van der Waals surface area contributed by atoms with E-state index in [0.717, 1.165) is 0 Å². The Morgan fingerprint density at radius 3 is 2.12 bits per heavy atom. The number of carbonyl (C=O) groups excluding carboxylic acids is 1. The molecular weight excluding hydrogens is 126 g/mol. The van der Waals surface area contributed by atoms with Crippen LogP contribution >= 0.6 is 0 Å². The van der Waals surface area contributed by atoms with E-state index in [9.17, 15) is 4.79 Å². The number of hydrogen-bond acceptors (Lipinski definition) is 4. The van der Waals surface area contributed by atoms with Crippen molar-refractivity contribution in [3.8, 4) is 0 Å². The summed E-state index contributed by atoms with van der Waals surface area (Å²) in [5.74, 6) is 0. The van der Waals surface area contributed by atoms with E-state index in [2.05, 4.69) is 13.5 Å². The van der Waals surface area contributed by atoms with E-state index in [-0.39, 0.29) is 0 Å². The maximum atomic E-state index is 9.52. The first-order valence-corrected chi connectivity index (χ1v) is 3.43. The summed E-state index contributed by atoms with van der Waals surface area (Å²) < 4.78 is 12.5. The van der Waals surface area contributed by atoms with Crippen molar-refractivity contribution in [2.75, 3.05) is 14.2 Å². The molecule has 0 saturated heterocycles. The average molecular weight is 133 g/mol. The Bertz CT molecular complexity index is 96.7. The summed E-state index contributed by atoms with van der Waals surface area (Å²) in [6.07, 6.45) is 1.36. The number of rotatable bonds is 3. The molecule has 0 rings (SSSR count). The monoisotopic (exact) mass is 133 g/mol. The minimum absolute atomic E-state index is 1.36. The van der Waals surface area contributed by atoms with Crippen LogP contribution in [0.15, 0.2) is 4.66 Å². The first kappa shape index (κ1) is 7.52. The molecule has 8 heavy (non-hydrogen) atoms. The van der Waals surface area contributed by atoms with Crippen LogP contribution in [0.4, 0.5) is 0 Å². The maximum Gasteiger partial charge on any atom is 0.471 e. The Hall–Kier alpha value is -0.483. The Balaban J connectivity index is 3.52. The van der Waals surface area contributed by atoms with Gasteiger partial charge in [-0.15, -0.1) is 0 Å². The third kappa shape index (κ3) is 2.65. The molecule has 0 aliphatic rings. The molecule has 0 bridgehead atoms. The Labute approximate surface area is 49.1 Å². The predicted molar refractivity (Wildman–Crippen MR) is 29.3 cm³/mol. The van der Waals surface area contributed by atoms with Crippen molar-refractivity contribution in [3.63, 3.8) is 0 Å². The zero-order valence-corrected chi connectivity index (χ0v) is 5.90. The topological polar surface area (TPSA) is 47.9 Å². The fourth-order valence-corrected chi connectivity index (χ4v) is 0.734. The van der Waals surface area contributed by atoms with Crippen molar-refractivity contribution < 1.29 is 13.6 Å². The van der Waals surface area contributed by atoms with Crippen molar-refractivity contribution >= 4 is 15.5 Å². The average Bonchev–Trinajstić information content (AvgIpc) is 1.83.